The molecule has 0 atom stereocenters. The molecule has 7 nitrogen and oxygen atoms in total. The number of rotatable bonds is 3. The summed E-state index contributed by atoms with van der Waals surface area (Å²) in [6.45, 7) is 1.85. The standard InChI is InChI=1S/C19H18N6O/c1-19(26)8-14(9-19)23-18-22-11-16-15(4-6-25(16)24-18)13-7-12-3-2-5-20-17(12)21-10-13/h2-7,10-11,14,26H,8-9H2,1H3,(H,23,24). The van der Waals surface area contributed by atoms with Crippen molar-refractivity contribution in [3.63, 3.8) is 0 Å². The lowest BCUT2D eigenvalue weighted by Gasteiger charge is -2.41. The Morgan fingerprint density at radius 2 is 2.08 bits per heavy atom. The number of nitrogens with one attached hydrogen (secondary N) is 1. The molecule has 1 saturated carbocycles. The lowest BCUT2D eigenvalue weighted by atomic mass is 9.77. The number of hydrogen-bond acceptors (Lipinski definition) is 6. The van der Waals surface area contributed by atoms with E-state index in [-0.39, 0.29) is 6.04 Å². The average molecular weight is 346 g/mol. The molecule has 0 aromatic carbocycles. The van der Waals surface area contributed by atoms with Gasteiger partial charge in [0.15, 0.2) is 5.65 Å². The van der Waals surface area contributed by atoms with Crippen LogP contribution in [-0.4, -0.2) is 41.3 Å². The maximum atomic E-state index is 9.84. The monoisotopic (exact) mass is 346 g/mol. The van der Waals surface area contributed by atoms with Gasteiger partial charge in [-0.25, -0.2) is 19.5 Å². The molecule has 0 radical (unpaired) electrons. The second kappa shape index (κ2) is 5.47. The van der Waals surface area contributed by atoms with E-state index in [2.05, 4.69) is 31.4 Å². The fraction of sp³-hybridized carbons (Fsp3) is 0.263. The van der Waals surface area contributed by atoms with Gasteiger partial charge in [0.2, 0.25) is 5.95 Å². The molecule has 4 aromatic heterocycles. The number of aromatic nitrogens is 5. The van der Waals surface area contributed by atoms with Crippen molar-refractivity contribution < 1.29 is 5.11 Å². The highest BCUT2D eigenvalue weighted by molar-refractivity contribution is 5.86. The number of pyridine rings is 2. The minimum absolute atomic E-state index is 0.217. The molecule has 2 N–H and O–H groups in total. The minimum Gasteiger partial charge on any atom is -0.390 e. The summed E-state index contributed by atoms with van der Waals surface area (Å²) in [5.41, 5.74) is 3.12. The molecule has 0 aliphatic heterocycles. The van der Waals surface area contributed by atoms with Crippen LogP contribution in [0, 0.1) is 0 Å². The predicted octanol–water partition coefficient (Wildman–Crippen LogP) is 2.66. The molecule has 1 aliphatic carbocycles. The third-order valence-electron chi connectivity index (χ3n) is 4.89. The van der Waals surface area contributed by atoms with Crippen molar-refractivity contribution in [2.45, 2.75) is 31.4 Å². The van der Waals surface area contributed by atoms with Gasteiger partial charge in [0.25, 0.3) is 0 Å². The van der Waals surface area contributed by atoms with E-state index in [0.717, 1.165) is 27.7 Å². The largest absolute Gasteiger partial charge is 0.390 e. The molecule has 7 heteroatoms. The summed E-state index contributed by atoms with van der Waals surface area (Å²) >= 11 is 0. The van der Waals surface area contributed by atoms with E-state index in [0.29, 0.717) is 18.8 Å². The molecular formula is C19H18N6O. The number of aliphatic hydroxyl groups is 1. The lowest BCUT2D eigenvalue weighted by Crippen LogP contribution is -2.48. The number of fused-ring (bicyclic) bond motifs is 2. The molecule has 1 aliphatic rings. The average Bonchev–Trinajstić information content (AvgIpc) is 3.03. The second-order valence-electron chi connectivity index (χ2n) is 7.16. The van der Waals surface area contributed by atoms with Crippen molar-refractivity contribution in [1.29, 1.82) is 0 Å². The highest BCUT2D eigenvalue weighted by atomic mass is 16.3. The van der Waals surface area contributed by atoms with Crippen molar-refractivity contribution >= 4 is 22.5 Å². The van der Waals surface area contributed by atoms with Crippen LogP contribution in [0.25, 0.3) is 27.7 Å². The maximum absolute atomic E-state index is 9.84. The first kappa shape index (κ1) is 15.2. The number of anilines is 1. The van der Waals surface area contributed by atoms with Crippen LogP contribution in [0.15, 0.2) is 49.1 Å². The summed E-state index contributed by atoms with van der Waals surface area (Å²) in [5.74, 6) is 0.570. The Labute approximate surface area is 149 Å². The molecule has 4 aromatic rings. The first-order valence-corrected chi connectivity index (χ1v) is 8.62. The number of nitrogens with zero attached hydrogens (tertiary/aromatic N) is 5. The molecule has 26 heavy (non-hydrogen) atoms. The van der Waals surface area contributed by atoms with Gasteiger partial charge in [-0.2, -0.15) is 0 Å². The Morgan fingerprint density at radius 3 is 2.92 bits per heavy atom. The van der Waals surface area contributed by atoms with E-state index >= 15 is 0 Å². The second-order valence-corrected chi connectivity index (χ2v) is 7.16. The quantitative estimate of drug-likeness (QED) is 0.593. The summed E-state index contributed by atoms with van der Waals surface area (Å²) in [7, 11) is 0. The van der Waals surface area contributed by atoms with Crippen LogP contribution >= 0.6 is 0 Å². The summed E-state index contributed by atoms with van der Waals surface area (Å²) < 4.78 is 1.81. The van der Waals surface area contributed by atoms with E-state index in [1.54, 1.807) is 6.20 Å². The van der Waals surface area contributed by atoms with Gasteiger partial charge in [0.1, 0.15) is 0 Å². The minimum atomic E-state index is -0.569. The highest BCUT2D eigenvalue weighted by Gasteiger charge is 2.38. The van der Waals surface area contributed by atoms with Crippen molar-refractivity contribution in [2.75, 3.05) is 5.32 Å². The van der Waals surface area contributed by atoms with E-state index in [1.807, 2.05) is 48.2 Å². The third kappa shape index (κ3) is 2.57. The van der Waals surface area contributed by atoms with Gasteiger partial charge in [-0.3, -0.25) is 0 Å². The van der Waals surface area contributed by atoms with Crippen molar-refractivity contribution in [3.8, 4) is 11.1 Å². The summed E-state index contributed by atoms with van der Waals surface area (Å²) in [4.78, 5) is 13.1. The zero-order valence-corrected chi connectivity index (χ0v) is 14.3. The SMILES string of the molecule is CC1(O)CC(Nc2ncc3c(-c4cnc5ncccc5c4)ccn3n2)C1. The topological polar surface area (TPSA) is 88.2 Å². The normalized spacial score (nSPS) is 22.5. The third-order valence-corrected chi connectivity index (χ3v) is 4.89. The Kier molecular flexibility index (Phi) is 3.20. The Balaban J connectivity index is 1.47. The Hall–Kier alpha value is -3.06. The first-order valence-electron chi connectivity index (χ1n) is 8.62. The van der Waals surface area contributed by atoms with Gasteiger partial charge in [-0.05, 0) is 44.0 Å². The zero-order chi connectivity index (χ0) is 17.7. The molecule has 0 amide bonds. The van der Waals surface area contributed by atoms with Crippen LogP contribution in [0.4, 0.5) is 5.95 Å². The molecule has 130 valence electrons. The van der Waals surface area contributed by atoms with Crippen LogP contribution < -0.4 is 5.32 Å². The van der Waals surface area contributed by atoms with Crippen LogP contribution in [0.2, 0.25) is 0 Å². The van der Waals surface area contributed by atoms with Crippen LogP contribution in [0.3, 0.4) is 0 Å². The molecule has 0 unspecified atom stereocenters. The maximum Gasteiger partial charge on any atom is 0.241 e. The molecule has 5 rings (SSSR count). The molecule has 4 heterocycles. The summed E-state index contributed by atoms with van der Waals surface area (Å²) in [6.07, 6.45) is 8.72. The highest BCUT2D eigenvalue weighted by Crippen LogP contribution is 2.33. The van der Waals surface area contributed by atoms with Crippen LogP contribution in [0.1, 0.15) is 19.8 Å². The van der Waals surface area contributed by atoms with E-state index in [4.69, 9.17) is 0 Å². The van der Waals surface area contributed by atoms with Gasteiger partial charge in [0.05, 0.1) is 17.3 Å². The van der Waals surface area contributed by atoms with E-state index in [1.165, 1.54) is 0 Å². The van der Waals surface area contributed by atoms with E-state index in [9.17, 15) is 5.11 Å². The smallest absolute Gasteiger partial charge is 0.241 e. The number of hydrogen-bond donors (Lipinski definition) is 2. The predicted molar refractivity (Wildman–Crippen MR) is 98.8 cm³/mol. The van der Waals surface area contributed by atoms with Crippen molar-refractivity contribution in [3.05, 3.63) is 49.1 Å². The molecule has 1 fully saturated rings. The fourth-order valence-corrected chi connectivity index (χ4v) is 3.61. The lowest BCUT2D eigenvalue weighted by molar-refractivity contribution is -0.0236. The van der Waals surface area contributed by atoms with Gasteiger partial charge in [-0.15, -0.1) is 5.10 Å². The van der Waals surface area contributed by atoms with E-state index < -0.39 is 5.60 Å². The first-order chi connectivity index (χ1) is 12.6. The van der Waals surface area contributed by atoms with Gasteiger partial charge < -0.3 is 10.4 Å². The summed E-state index contributed by atoms with van der Waals surface area (Å²) in [5, 5.41) is 18.7. The van der Waals surface area contributed by atoms with Crippen molar-refractivity contribution in [2.24, 2.45) is 0 Å². The molecule has 0 spiro atoms. The van der Waals surface area contributed by atoms with Gasteiger partial charge >= 0.3 is 0 Å². The van der Waals surface area contributed by atoms with Crippen LogP contribution in [0.5, 0.6) is 0 Å². The van der Waals surface area contributed by atoms with Gasteiger partial charge in [0, 0.05) is 41.1 Å². The van der Waals surface area contributed by atoms with Gasteiger partial charge in [-0.1, -0.05) is 0 Å². The fourth-order valence-electron chi connectivity index (χ4n) is 3.61. The zero-order valence-electron chi connectivity index (χ0n) is 14.3. The van der Waals surface area contributed by atoms with Crippen LogP contribution in [-0.2, 0) is 0 Å². The Bertz CT molecular complexity index is 1110. The molecule has 0 saturated heterocycles. The molecule has 0 bridgehead atoms. The Morgan fingerprint density at radius 1 is 1.19 bits per heavy atom. The molecular weight excluding hydrogens is 328 g/mol. The summed E-state index contributed by atoms with van der Waals surface area (Å²) in [6, 6.07) is 8.22. The van der Waals surface area contributed by atoms with Crippen molar-refractivity contribution in [1.82, 2.24) is 24.6 Å².